The van der Waals surface area contributed by atoms with Gasteiger partial charge in [0.05, 0.1) is 5.75 Å². The Morgan fingerprint density at radius 3 is 2.61 bits per heavy atom. The quantitative estimate of drug-likeness (QED) is 0.734. The number of hydrogen-bond acceptors (Lipinski definition) is 4. The topological polar surface area (TPSA) is 81.4 Å². The molecule has 0 aromatic heterocycles. The van der Waals surface area contributed by atoms with E-state index in [1.807, 2.05) is 37.3 Å². The van der Waals surface area contributed by atoms with E-state index in [0.717, 1.165) is 22.1 Å². The van der Waals surface area contributed by atoms with Crippen LogP contribution >= 0.6 is 0 Å². The van der Waals surface area contributed by atoms with Gasteiger partial charge in [-0.3, -0.25) is 0 Å². The highest BCUT2D eigenvalue weighted by Gasteiger charge is 2.07. The SMILES string of the molecule is CCCS(=O)(=O)NCCc1ccc2cc(OCCN)ccc2c1. The molecule has 0 aliphatic carbocycles. The van der Waals surface area contributed by atoms with Gasteiger partial charge in [-0.25, -0.2) is 13.1 Å². The van der Waals surface area contributed by atoms with E-state index in [2.05, 4.69) is 10.8 Å². The number of sulfonamides is 1. The summed E-state index contributed by atoms with van der Waals surface area (Å²) in [4.78, 5) is 0. The van der Waals surface area contributed by atoms with Gasteiger partial charge in [0.25, 0.3) is 0 Å². The average Bonchev–Trinajstić information content (AvgIpc) is 2.52. The molecule has 0 bridgehead atoms. The van der Waals surface area contributed by atoms with Gasteiger partial charge in [-0.15, -0.1) is 0 Å². The summed E-state index contributed by atoms with van der Waals surface area (Å²) in [5.74, 6) is 0.985. The summed E-state index contributed by atoms with van der Waals surface area (Å²) in [6, 6.07) is 12.0. The number of nitrogens with one attached hydrogen (secondary N) is 1. The van der Waals surface area contributed by atoms with Gasteiger partial charge in [-0.1, -0.05) is 31.2 Å². The maximum atomic E-state index is 11.6. The van der Waals surface area contributed by atoms with E-state index in [1.54, 1.807) is 0 Å². The fourth-order valence-electron chi connectivity index (χ4n) is 2.39. The van der Waals surface area contributed by atoms with Gasteiger partial charge < -0.3 is 10.5 Å². The predicted octanol–water partition coefficient (Wildman–Crippen LogP) is 2.05. The molecule has 0 atom stereocenters. The van der Waals surface area contributed by atoms with Gasteiger partial charge in [0.2, 0.25) is 10.0 Å². The third-order valence-electron chi connectivity index (χ3n) is 3.47. The van der Waals surface area contributed by atoms with Gasteiger partial charge >= 0.3 is 0 Å². The number of hydrogen-bond donors (Lipinski definition) is 2. The molecule has 3 N–H and O–H groups in total. The van der Waals surface area contributed by atoms with Crippen LogP contribution in [-0.4, -0.2) is 33.9 Å². The normalized spacial score (nSPS) is 11.7. The summed E-state index contributed by atoms with van der Waals surface area (Å²) >= 11 is 0. The zero-order valence-electron chi connectivity index (χ0n) is 13.4. The molecule has 0 radical (unpaired) electrons. The maximum absolute atomic E-state index is 11.6. The highest BCUT2D eigenvalue weighted by Crippen LogP contribution is 2.22. The summed E-state index contributed by atoms with van der Waals surface area (Å²) in [6.45, 7) is 3.27. The standard InChI is InChI=1S/C17H24N2O3S/c1-2-11-23(20,21)19-9-7-14-3-4-16-13-17(22-10-8-18)6-5-15(16)12-14/h3-6,12-13,19H,2,7-11,18H2,1H3. The largest absolute Gasteiger partial charge is 0.492 e. The molecule has 126 valence electrons. The van der Waals surface area contributed by atoms with E-state index >= 15 is 0 Å². The average molecular weight is 336 g/mol. The number of benzene rings is 2. The number of rotatable bonds is 9. The third-order valence-corrected chi connectivity index (χ3v) is 5.06. The van der Waals surface area contributed by atoms with Crippen LogP contribution in [0.1, 0.15) is 18.9 Å². The summed E-state index contributed by atoms with van der Waals surface area (Å²) in [6.07, 6.45) is 1.30. The van der Waals surface area contributed by atoms with Gasteiger partial charge in [-0.05, 0) is 41.3 Å². The van der Waals surface area contributed by atoms with E-state index < -0.39 is 10.0 Å². The zero-order valence-corrected chi connectivity index (χ0v) is 14.2. The Balaban J connectivity index is 2.00. The molecular formula is C17H24N2O3S. The van der Waals surface area contributed by atoms with Crippen molar-refractivity contribution in [2.45, 2.75) is 19.8 Å². The molecule has 23 heavy (non-hydrogen) atoms. The molecule has 0 amide bonds. The Morgan fingerprint density at radius 2 is 1.87 bits per heavy atom. The minimum absolute atomic E-state index is 0.177. The number of ether oxygens (including phenoxy) is 1. The molecule has 5 nitrogen and oxygen atoms in total. The highest BCUT2D eigenvalue weighted by molar-refractivity contribution is 7.89. The van der Waals surface area contributed by atoms with Crippen molar-refractivity contribution in [3.05, 3.63) is 42.0 Å². The van der Waals surface area contributed by atoms with Crippen molar-refractivity contribution in [1.82, 2.24) is 4.72 Å². The second-order valence-electron chi connectivity index (χ2n) is 5.44. The molecule has 0 saturated carbocycles. The molecule has 2 aromatic rings. The lowest BCUT2D eigenvalue weighted by atomic mass is 10.0. The van der Waals surface area contributed by atoms with Crippen molar-refractivity contribution in [3.8, 4) is 5.75 Å². The smallest absolute Gasteiger partial charge is 0.211 e. The van der Waals surface area contributed by atoms with E-state index in [-0.39, 0.29) is 5.75 Å². The van der Waals surface area contributed by atoms with Crippen molar-refractivity contribution in [2.24, 2.45) is 5.73 Å². The minimum atomic E-state index is -3.14. The van der Waals surface area contributed by atoms with Crippen LogP contribution in [0, 0.1) is 0 Å². The summed E-state index contributed by atoms with van der Waals surface area (Å²) < 4.78 is 31.4. The fraction of sp³-hybridized carbons (Fsp3) is 0.412. The van der Waals surface area contributed by atoms with Crippen molar-refractivity contribution in [2.75, 3.05) is 25.4 Å². The van der Waals surface area contributed by atoms with E-state index in [9.17, 15) is 8.42 Å². The van der Waals surface area contributed by atoms with Crippen molar-refractivity contribution in [3.63, 3.8) is 0 Å². The van der Waals surface area contributed by atoms with Crippen LogP contribution in [0.15, 0.2) is 36.4 Å². The van der Waals surface area contributed by atoms with E-state index in [1.165, 1.54) is 0 Å². The van der Waals surface area contributed by atoms with Crippen LogP contribution in [0.5, 0.6) is 5.75 Å². The minimum Gasteiger partial charge on any atom is -0.492 e. The molecule has 2 aromatic carbocycles. The molecule has 0 aliphatic heterocycles. The Bertz CT molecular complexity index is 745. The van der Waals surface area contributed by atoms with Gasteiger partial charge in [0.15, 0.2) is 0 Å². The van der Waals surface area contributed by atoms with Crippen molar-refractivity contribution >= 4 is 20.8 Å². The van der Waals surface area contributed by atoms with Crippen LogP contribution in [0.4, 0.5) is 0 Å². The molecule has 0 unspecified atom stereocenters. The Hall–Kier alpha value is -1.63. The Labute approximate surface area is 137 Å². The highest BCUT2D eigenvalue weighted by atomic mass is 32.2. The molecule has 0 heterocycles. The van der Waals surface area contributed by atoms with Gasteiger partial charge in [-0.2, -0.15) is 0 Å². The lowest BCUT2D eigenvalue weighted by molar-refractivity contribution is 0.329. The monoisotopic (exact) mass is 336 g/mol. The van der Waals surface area contributed by atoms with Crippen LogP contribution in [0.2, 0.25) is 0 Å². The number of fused-ring (bicyclic) bond motifs is 1. The first-order chi connectivity index (χ1) is 11.0. The maximum Gasteiger partial charge on any atom is 0.211 e. The molecule has 2 rings (SSSR count). The third kappa shape index (κ3) is 5.49. The molecule has 0 fully saturated rings. The number of nitrogens with two attached hydrogens (primary N) is 1. The molecule has 0 aliphatic rings. The summed E-state index contributed by atoms with van der Waals surface area (Å²) in [5, 5.41) is 2.20. The first kappa shape index (κ1) is 17.7. The Morgan fingerprint density at radius 1 is 1.13 bits per heavy atom. The lowest BCUT2D eigenvalue weighted by Gasteiger charge is -2.08. The van der Waals surface area contributed by atoms with Crippen molar-refractivity contribution < 1.29 is 13.2 Å². The van der Waals surface area contributed by atoms with Crippen molar-refractivity contribution in [1.29, 1.82) is 0 Å². The van der Waals surface area contributed by atoms with Crippen LogP contribution in [-0.2, 0) is 16.4 Å². The summed E-state index contributed by atoms with van der Waals surface area (Å²) in [5.41, 5.74) is 6.54. The second kappa shape index (κ2) is 8.29. The van der Waals surface area contributed by atoms with Crippen LogP contribution in [0.25, 0.3) is 10.8 Å². The fourth-order valence-corrected chi connectivity index (χ4v) is 3.48. The first-order valence-electron chi connectivity index (χ1n) is 7.87. The summed E-state index contributed by atoms with van der Waals surface area (Å²) in [7, 11) is -3.14. The second-order valence-corrected chi connectivity index (χ2v) is 7.37. The first-order valence-corrected chi connectivity index (χ1v) is 9.52. The predicted molar refractivity (Wildman–Crippen MR) is 94.3 cm³/mol. The molecule has 0 saturated heterocycles. The zero-order chi connectivity index (χ0) is 16.7. The van der Waals surface area contributed by atoms with E-state index in [0.29, 0.717) is 32.5 Å². The van der Waals surface area contributed by atoms with E-state index in [4.69, 9.17) is 10.5 Å². The lowest BCUT2D eigenvalue weighted by Crippen LogP contribution is -2.28. The van der Waals surface area contributed by atoms with Crippen LogP contribution < -0.4 is 15.2 Å². The molecule has 6 heteroatoms. The molecular weight excluding hydrogens is 312 g/mol. The molecule has 0 spiro atoms. The van der Waals surface area contributed by atoms with Crippen LogP contribution in [0.3, 0.4) is 0 Å². The van der Waals surface area contributed by atoms with Gasteiger partial charge in [0, 0.05) is 13.1 Å². The Kier molecular flexibility index (Phi) is 6.38. The van der Waals surface area contributed by atoms with Gasteiger partial charge in [0.1, 0.15) is 12.4 Å².